The summed E-state index contributed by atoms with van der Waals surface area (Å²) in [7, 11) is 0. The van der Waals surface area contributed by atoms with Gasteiger partial charge < -0.3 is 4.57 Å². The second kappa shape index (κ2) is 7.43. The maximum Gasteiger partial charge on any atom is 0.0991 e. The molecule has 6 aromatic carbocycles. The predicted octanol–water partition coefficient (Wildman–Crippen LogP) is 9.12. The van der Waals surface area contributed by atoms with E-state index in [0.717, 1.165) is 16.8 Å². The van der Waals surface area contributed by atoms with Crippen molar-refractivity contribution in [3.8, 4) is 45.1 Å². The van der Waals surface area contributed by atoms with Gasteiger partial charge in [0, 0.05) is 21.8 Å². The molecule has 0 radical (unpaired) electrons. The lowest BCUT2D eigenvalue weighted by Gasteiger charge is -2.12. The Morgan fingerprint density at radius 3 is 1.89 bits per heavy atom. The zero-order chi connectivity index (χ0) is 24.5. The number of fused-ring (bicyclic) bond motifs is 7. The molecule has 0 bridgehead atoms. The first-order chi connectivity index (χ1) is 18.3. The van der Waals surface area contributed by atoms with Crippen LogP contribution in [-0.4, -0.2) is 4.57 Å². The lowest BCUT2D eigenvalue weighted by molar-refractivity contribution is 1.19. The quantitative estimate of drug-likeness (QED) is 0.249. The number of nitrogens with zero attached hydrogens (tertiary/aromatic N) is 2. The summed E-state index contributed by atoms with van der Waals surface area (Å²) in [4.78, 5) is 0. The van der Waals surface area contributed by atoms with Crippen molar-refractivity contribution >= 4 is 32.6 Å². The number of hydrogen-bond acceptors (Lipinski definition) is 1. The van der Waals surface area contributed by atoms with Gasteiger partial charge in [0.05, 0.1) is 22.7 Å². The van der Waals surface area contributed by atoms with Crippen LogP contribution in [0.1, 0.15) is 5.56 Å². The number of hydrogen-bond donors (Lipinski definition) is 0. The van der Waals surface area contributed by atoms with E-state index in [1.165, 1.54) is 54.8 Å². The normalized spacial score (nSPS) is 11.8. The van der Waals surface area contributed by atoms with Crippen LogP contribution in [0.25, 0.3) is 71.6 Å². The highest BCUT2D eigenvalue weighted by molar-refractivity contribution is 6.27. The fourth-order valence-electron chi connectivity index (χ4n) is 6.13. The minimum Gasteiger partial charge on any atom is -0.309 e. The lowest BCUT2D eigenvalue weighted by Crippen LogP contribution is -1.95. The minimum absolute atomic E-state index is 0.677. The van der Waals surface area contributed by atoms with Gasteiger partial charge in [-0.15, -0.1) is 0 Å². The lowest BCUT2D eigenvalue weighted by atomic mass is 9.99. The standard InChI is InChI=1S/C35H20N2/c36-21-22-12-14-23(15-13-22)24-16-18-25(19-17-24)37-33-11-4-3-8-28(33)32-20-31-27-7-2-1-6-26(27)29-9-5-10-30(34(29)31)35(32)37/h1-20H. The minimum atomic E-state index is 0.677. The van der Waals surface area contributed by atoms with Crippen LogP contribution in [0.2, 0.25) is 0 Å². The molecule has 1 heterocycles. The summed E-state index contributed by atoms with van der Waals surface area (Å²) in [5, 5.41) is 14.3. The molecule has 0 fully saturated rings. The van der Waals surface area contributed by atoms with Crippen LogP contribution in [0.4, 0.5) is 0 Å². The highest BCUT2D eigenvalue weighted by atomic mass is 15.0. The molecular formula is C35H20N2. The van der Waals surface area contributed by atoms with Crippen LogP contribution in [-0.2, 0) is 0 Å². The van der Waals surface area contributed by atoms with Crippen LogP contribution in [0.5, 0.6) is 0 Å². The van der Waals surface area contributed by atoms with Crippen molar-refractivity contribution in [2.75, 3.05) is 0 Å². The van der Waals surface area contributed by atoms with Crippen molar-refractivity contribution in [3.05, 3.63) is 127 Å². The molecule has 1 aliphatic rings. The molecule has 0 saturated heterocycles. The van der Waals surface area contributed by atoms with Gasteiger partial charge in [-0.3, -0.25) is 0 Å². The number of para-hydroxylation sites is 1. The molecule has 0 N–H and O–H groups in total. The molecule has 0 aliphatic heterocycles. The molecule has 0 unspecified atom stereocenters. The maximum absolute atomic E-state index is 9.13. The number of rotatable bonds is 2. The van der Waals surface area contributed by atoms with Crippen LogP contribution in [0.3, 0.4) is 0 Å². The van der Waals surface area contributed by atoms with E-state index in [1.54, 1.807) is 0 Å². The summed E-state index contributed by atoms with van der Waals surface area (Å²) >= 11 is 0. The second-order valence-corrected chi connectivity index (χ2v) is 9.68. The molecular weight excluding hydrogens is 448 g/mol. The molecule has 0 amide bonds. The Kier molecular flexibility index (Phi) is 4.04. The molecule has 7 aromatic rings. The number of nitriles is 1. The summed E-state index contributed by atoms with van der Waals surface area (Å²) in [6.07, 6.45) is 0. The van der Waals surface area contributed by atoms with Gasteiger partial charge in [0.25, 0.3) is 0 Å². The molecule has 0 atom stereocenters. The van der Waals surface area contributed by atoms with E-state index in [-0.39, 0.29) is 0 Å². The van der Waals surface area contributed by atoms with E-state index in [9.17, 15) is 0 Å². The summed E-state index contributed by atoms with van der Waals surface area (Å²) in [5.74, 6) is 0. The first-order valence-electron chi connectivity index (χ1n) is 12.5. The SMILES string of the molecule is N#Cc1ccc(-c2ccc(-n3c4ccccc4c4cc5c6c(cccc6c43)-c3ccccc3-5)cc2)cc1. The highest BCUT2D eigenvalue weighted by Crippen LogP contribution is 2.50. The molecule has 2 nitrogen and oxygen atoms in total. The highest BCUT2D eigenvalue weighted by Gasteiger charge is 2.25. The molecule has 170 valence electrons. The second-order valence-electron chi connectivity index (χ2n) is 9.68. The van der Waals surface area contributed by atoms with Crippen molar-refractivity contribution < 1.29 is 0 Å². The Bertz CT molecular complexity index is 2070. The number of aromatic nitrogens is 1. The van der Waals surface area contributed by atoms with Crippen LogP contribution in [0.15, 0.2) is 121 Å². The van der Waals surface area contributed by atoms with Gasteiger partial charge in [0.1, 0.15) is 0 Å². The van der Waals surface area contributed by atoms with Gasteiger partial charge in [0.2, 0.25) is 0 Å². The summed E-state index contributed by atoms with van der Waals surface area (Å²) < 4.78 is 2.42. The molecule has 1 aliphatic carbocycles. The van der Waals surface area contributed by atoms with E-state index in [4.69, 9.17) is 5.26 Å². The Labute approximate surface area is 214 Å². The molecule has 0 saturated carbocycles. The average molecular weight is 469 g/mol. The zero-order valence-corrected chi connectivity index (χ0v) is 19.9. The summed E-state index contributed by atoms with van der Waals surface area (Å²) in [5.41, 5.74) is 11.8. The first-order valence-corrected chi connectivity index (χ1v) is 12.5. The summed E-state index contributed by atoms with van der Waals surface area (Å²) in [6.45, 7) is 0. The van der Waals surface area contributed by atoms with Gasteiger partial charge in [0.15, 0.2) is 0 Å². The van der Waals surface area contributed by atoms with Gasteiger partial charge >= 0.3 is 0 Å². The van der Waals surface area contributed by atoms with Gasteiger partial charge in [-0.2, -0.15) is 5.26 Å². The predicted molar refractivity (Wildman–Crippen MR) is 153 cm³/mol. The van der Waals surface area contributed by atoms with Gasteiger partial charge in [-0.1, -0.05) is 84.9 Å². The molecule has 0 spiro atoms. The van der Waals surface area contributed by atoms with Crippen LogP contribution >= 0.6 is 0 Å². The van der Waals surface area contributed by atoms with E-state index in [1.807, 2.05) is 24.3 Å². The topological polar surface area (TPSA) is 28.7 Å². The number of benzene rings is 6. The van der Waals surface area contributed by atoms with Gasteiger partial charge in [-0.05, 0) is 75.2 Å². The van der Waals surface area contributed by atoms with Crippen molar-refractivity contribution in [3.63, 3.8) is 0 Å². The van der Waals surface area contributed by atoms with Crippen molar-refractivity contribution in [1.82, 2.24) is 4.57 Å². The molecule has 1 aromatic heterocycles. The molecule has 8 rings (SSSR count). The van der Waals surface area contributed by atoms with Crippen molar-refractivity contribution in [1.29, 1.82) is 5.26 Å². The third-order valence-corrected chi connectivity index (χ3v) is 7.77. The fraction of sp³-hybridized carbons (Fsp3) is 0. The third-order valence-electron chi connectivity index (χ3n) is 7.77. The summed E-state index contributed by atoms with van der Waals surface area (Å²) in [6, 6.07) is 45.3. The Balaban J connectivity index is 1.42. The Morgan fingerprint density at radius 1 is 0.514 bits per heavy atom. The van der Waals surface area contributed by atoms with E-state index >= 15 is 0 Å². The van der Waals surface area contributed by atoms with E-state index in [2.05, 4.69) is 108 Å². The van der Waals surface area contributed by atoms with Gasteiger partial charge in [-0.25, -0.2) is 0 Å². The average Bonchev–Trinajstić information content (AvgIpc) is 3.48. The largest absolute Gasteiger partial charge is 0.309 e. The van der Waals surface area contributed by atoms with Crippen LogP contribution < -0.4 is 0 Å². The molecule has 2 heteroatoms. The Hall–Kier alpha value is -5.13. The van der Waals surface area contributed by atoms with E-state index in [0.29, 0.717) is 5.56 Å². The smallest absolute Gasteiger partial charge is 0.0991 e. The third kappa shape index (κ3) is 2.74. The van der Waals surface area contributed by atoms with Crippen LogP contribution in [0, 0.1) is 11.3 Å². The fourth-order valence-corrected chi connectivity index (χ4v) is 6.13. The zero-order valence-electron chi connectivity index (χ0n) is 19.9. The Morgan fingerprint density at radius 2 is 1.14 bits per heavy atom. The maximum atomic E-state index is 9.13. The first kappa shape index (κ1) is 20.1. The van der Waals surface area contributed by atoms with Crippen molar-refractivity contribution in [2.45, 2.75) is 0 Å². The molecule has 37 heavy (non-hydrogen) atoms. The van der Waals surface area contributed by atoms with Crippen molar-refractivity contribution in [2.24, 2.45) is 0 Å². The monoisotopic (exact) mass is 468 g/mol. The van der Waals surface area contributed by atoms with E-state index < -0.39 is 0 Å².